The number of hydrogen-bond acceptors (Lipinski definition) is 5. The second-order valence-electron chi connectivity index (χ2n) is 5.71. The zero-order valence-corrected chi connectivity index (χ0v) is 16.1. The van der Waals surface area contributed by atoms with Crippen molar-refractivity contribution < 1.29 is 22.8 Å². The molecule has 0 radical (unpaired) electrons. The monoisotopic (exact) mass is 422 g/mol. The van der Waals surface area contributed by atoms with Gasteiger partial charge < -0.3 is 5.32 Å². The Labute approximate surface area is 166 Å². The standard InChI is InChI=1S/C19H13F3N2O2S2/c1-10(25)11-3-5-17(15(22)6-11)27-9-18(26)24-19-23-16(8-28-19)12-2-4-13(20)14(21)7-12/h2-8H,9H2,1H3,(H,23,24,26). The molecule has 0 aliphatic rings. The van der Waals surface area contributed by atoms with Crippen LogP contribution >= 0.6 is 23.1 Å². The summed E-state index contributed by atoms with van der Waals surface area (Å²) >= 11 is 2.12. The van der Waals surface area contributed by atoms with Crippen molar-refractivity contribution in [1.29, 1.82) is 0 Å². The summed E-state index contributed by atoms with van der Waals surface area (Å²) < 4.78 is 40.3. The molecule has 3 aromatic rings. The maximum atomic E-state index is 14.0. The summed E-state index contributed by atoms with van der Waals surface area (Å²) in [7, 11) is 0. The SMILES string of the molecule is CC(=O)c1ccc(SCC(=O)Nc2nc(-c3ccc(F)c(F)c3)cs2)c(F)c1. The molecule has 0 spiro atoms. The van der Waals surface area contributed by atoms with Gasteiger partial charge in [-0.2, -0.15) is 0 Å². The van der Waals surface area contributed by atoms with Crippen molar-refractivity contribution in [3.8, 4) is 11.3 Å². The number of halogens is 3. The zero-order chi connectivity index (χ0) is 20.3. The molecule has 3 rings (SSSR count). The molecular weight excluding hydrogens is 409 g/mol. The highest BCUT2D eigenvalue weighted by Crippen LogP contribution is 2.27. The molecule has 4 nitrogen and oxygen atoms in total. The van der Waals surface area contributed by atoms with Gasteiger partial charge in [0.25, 0.3) is 0 Å². The van der Waals surface area contributed by atoms with E-state index in [-0.39, 0.29) is 27.1 Å². The predicted molar refractivity (Wildman–Crippen MR) is 103 cm³/mol. The number of anilines is 1. The first-order valence-electron chi connectivity index (χ1n) is 7.97. The van der Waals surface area contributed by atoms with Crippen LogP contribution in [0.1, 0.15) is 17.3 Å². The molecule has 0 aliphatic heterocycles. The third kappa shape index (κ3) is 4.79. The lowest BCUT2D eigenvalue weighted by Crippen LogP contribution is -2.14. The fourth-order valence-electron chi connectivity index (χ4n) is 2.25. The van der Waals surface area contributed by atoms with E-state index >= 15 is 0 Å². The summed E-state index contributed by atoms with van der Waals surface area (Å²) in [5.41, 5.74) is 1.05. The van der Waals surface area contributed by atoms with Gasteiger partial charge in [-0.05, 0) is 37.3 Å². The van der Waals surface area contributed by atoms with E-state index in [4.69, 9.17) is 0 Å². The summed E-state index contributed by atoms with van der Waals surface area (Å²) in [5.74, 6) is -3.20. The van der Waals surface area contributed by atoms with Gasteiger partial charge in [-0.3, -0.25) is 9.59 Å². The van der Waals surface area contributed by atoms with Crippen molar-refractivity contribution in [1.82, 2.24) is 4.98 Å². The second-order valence-corrected chi connectivity index (χ2v) is 7.58. The second kappa shape index (κ2) is 8.57. The van der Waals surface area contributed by atoms with Gasteiger partial charge in [0.15, 0.2) is 22.5 Å². The number of thioether (sulfide) groups is 1. The molecule has 0 unspecified atom stereocenters. The lowest BCUT2D eigenvalue weighted by Gasteiger charge is -2.05. The van der Waals surface area contributed by atoms with E-state index in [0.717, 1.165) is 41.3 Å². The molecule has 2 aromatic carbocycles. The predicted octanol–water partition coefficient (Wildman–Crippen LogP) is 5.16. The molecule has 0 saturated heterocycles. The molecule has 28 heavy (non-hydrogen) atoms. The van der Waals surface area contributed by atoms with Crippen LogP contribution in [-0.4, -0.2) is 22.4 Å². The molecule has 1 N–H and O–H groups in total. The van der Waals surface area contributed by atoms with Crippen molar-refractivity contribution in [2.75, 3.05) is 11.1 Å². The van der Waals surface area contributed by atoms with Crippen molar-refractivity contribution in [2.24, 2.45) is 0 Å². The highest BCUT2D eigenvalue weighted by molar-refractivity contribution is 8.00. The van der Waals surface area contributed by atoms with Crippen LogP contribution in [0.4, 0.5) is 18.3 Å². The van der Waals surface area contributed by atoms with Gasteiger partial charge in [0.2, 0.25) is 5.91 Å². The van der Waals surface area contributed by atoms with E-state index in [1.807, 2.05) is 0 Å². The minimum Gasteiger partial charge on any atom is -0.301 e. The van der Waals surface area contributed by atoms with Gasteiger partial charge in [-0.1, -0.05) is 6.07 Å². The summed E-state index contributed by atoms with van der Waals surface area (Å²) in [6, 6.07) is 7.51. The van der Waals surface area contributed by atoms with Crippen LogP contribution in [0.25, 0.3) is 11.3 Å². The number of ketones is 1. The Morgan fingerprint density at radius 3 is 2.54 bits per heavy atom. The molecule has 144 valence electrons. The number of carbonyl (C=O) groups is 2. The Morgan fingerprint density at radius 2 is 1.86 bits per heavy atom. The number of carbonyl (C=O) groups excluding carboxylic acids is 2. The summed E-state index contributed by atoms with van der Waals surface area (Å²) in [4.78, 5) is 27.7. The fraction of sp³-hybridized carbons (Fsp3) is 0.105. The van der Waals surface area contributed by atoms with Gasteiger partial charge in [0.05, 0.1) is 11.4 Å². The molecule has 1 heterocycles. The minimum atomic E-state index is -0.981. The van der Waals surface area contributed by atoms with E-state index < -0.39 is 23.4 Å². The third-order valence-corrected chi connectivity index (χ3v) is 5.47. The summed E-state index contributed by atoms with van der Waals surface area (Å²) in [6.07, 6.45) is 0. The first-order chi connectivity index (χ1) is 13.3. The highest BCUT2D eigenvalue weighted by Gasteiger charge is 2.12. The van der Waals surface area contributed by atoms with Crippen LogP contribution in [0.5, 0.6) is 0 Å². The molecule has 9 heteroatoms. The van der Waals surface area contributed by atoms with Gasteiger partial charge in [0, 0.05) is 21.4 Å². The lowest BCUT2D eigenvalue weighted by molar-refractivity contribution is -0.113. The molecule has 1 amide bonds. The molecule has 0 atom stereocenters. The van der Waals surface area contributed by atoms with Gasteiger partial charge >= 0.3 is 0 Å². The molecule has 0 bridgehead atoms. The number of rotatable bonds is 6. The normalized spacial score (nSPS) is 10.7. The average molecular weight is 422 g/mol. The first-order valence-corrected chi connectivity index (χ1v) is 9.84. The molecule has 0 aliphatic carbocycles. The Balaban J connectivity index is 1.60. The van der Waals surface area contributed by atoms with Crippen LogP contribution in [0.3, 0.4) is 0 Å². The van der Waals surface area contributed by atoms with Crippen LogP contribution in [0, 0.1) is 17.5 Å². The number of thiazole rings is 1. The number of hydrogen-bond donors (Lipinski definition) is 1. The van der Waals surface area contributed by atoms with Gasteiger partial charge in [-0.15, -0.1) is 23.1 Å². The smallest absolute Gasteiger partial charge is 0.236 e. The van der Waals surface area contributed by atoms with E-state index in [9.17, 15) is 22.8 Å². The summed E-state index contributed by atoms with van der Waals surface area (Å²) in [5, 5.41) is 4.48. The lowest BCUT2D eigenvalue weighted by atomic mass is 10.1. The maximum Gasteiger partial charge on any atom is 0.236 e. The average Bonchev–Trinajstić information content (AvgIpc) is 3.11. The Bertz CT molecular complexity index is 1050. The summed E-state index contributed by atoms with van der Waals surface area (Å²) in [6.45, 7) is 1.34. The Hall–Kier alpha value is -2.65. The maximum absolute atomic E-state index is 14.0. The number of Topliss-reactive ketones (excluding diaryl/α,β-unsaturated/α-hetero) is 1. The van der Waals surface area contributed by atoms with Crippen molar-refractivity contribution in [3.63, 3.8) is 0 Å². The quantitative estimate of drug-likeness (QED) is 0.440. The van der Waals surface area contributed by atoms with Crippen molar-refractivity contribution in [3.05, 3.63) is 64.8 Å². The van der Waals surface area contributed by atoms with Crippen LogP contribution in [0.2, 0.25) is 0 Å². The van der Waals surface area contributed by atoms with E-state index in [2.05, 4.69) is 10.3 Å². The van der Waals surface area contributed by atoms with E-state index in [1.54, 1.807) is 5.38 Å². The number of nitrogens with one attached hydrogen (secondary N) is 1. The number of nitrogens with zero attached hydrogens (tertiary/aromatic N) is 1. The van der Waals surface area contributed by atoms with Crippen LogP contribution in [0.15, 0.2) is 46.7 Å². The van der Waals surface area contributed by atoms with Gasteiger partial charge in [-0.25, -0.2) is 18.2 Å². The largest absolute Gasteiger partial charge is 0.301 e. The van der Waals surface area contributed by atoms with E-state index in [1.165, 1.54) is 25.1 Å². The van der Waals surface area contributed by atoms with E-state index in [0.29, 0.717) is 11.3 Å². The van der Waals surface area contributed by atoms with Crippen molar-refractivity contribution in [2.45, 2.75) is 11.8 Å². The zero-order valence-electron chi connectivity index (χ0n) is 14.5. The third-order valence-electron chi connectivity index (χ3n) is 3.66. The number of amides is 1. The molecule has 1 aromatic heterocycles. The number of aromatic nitrogens is 1. The molecule has 0 saturated carbocycles. The van der Waals surface area contributed by atoms with Crippen molar-refractivity contribution >= 4 is 39.9 Å². The Morgan fingerprint density at radius 1 is 1.07 bits per heavy atom. The molecule has 0 fully saturated rings. The first kappa shape index (κ1) is 20.1. The topological polar surface area (TPSA) is 59.1 Å². The minimum absolute atomic E-state index is 0.0591. The highest BCUT2D eigenvalue weighted by atomic mass is 32.2. The molecular formula is C19H13F3N2O2S2. The van der Waals surface area contributed by atoms with Gasteiger partial charge in [0.1, 0.15) is 5.82 Å². The fourth-order valence-corrected chi connectivity index (χ4v) is 3.71. The van der Waals surface area contributed by atoms with Crippen LogP contribution < -0.4 is 5.32 Å². The Kier molecular flexibility index (Phi) is 6.15. The number of benzene rings is 2. The van der Waals surface area contributed by atoms with Crippen LogP contribution in [-0.2, 0) is 4.79 Å².